The molecule has 11 heavy (non-hydrogen) atoms. The molecule has 0 spiro atoms. The van der Waals surface area contributed by atoms with Crippen LogP contribution in [0.25, 0.3) is 0 Å². The Hall–Kier alpha value is 0.730. The van der Waals surface area contributed by atoms with E-state index < -0.39 is 0 Å². The first kappa shape index (κ1) is 8.33. The molecule has 64 valence electrons. The summed E-state index contributed by atoms with van der Waals surface area (Å²) in [5.74, 6) is 3.22. The normalized spacial score (nSPS) is 50.7. The molecule has 0 aliphatic heterocycles. The van der Waals surface area contributed by atoms with E-state index in [-0.39, 0.29) is 0 Å². The standard InChI is InChI=1S/C10H17I/c1-7-2-8-4-9(3-7)6-10(11)5-8/h7-10H,2-6H2,1H3. The molecule has 2 saturated carbocycles. The molecular formula is C10H17I. The van der Waals surface area contributed by atoms with E-state index in [1.165, 1.54) is 25.7 Å². The summed E-state index contributed by atoms with van der Waals surface area (Å²) in [6.07, 6.45) is 7.64. The van der Waals surface area contributed by atoms with Crippen LogP contribution in [0.2, 0.25) is 0 Å². The molecule has 0 amide bonds. The van der Waals surface area contributed by atoms with Crippen molar-refractivity contribution >= 4 is 22.6 Å². The number of alkyl halides is 1. The van der Waals surface area contributed by atoms with E-state index >= 15 is 0 Å². The van der Waals surface area contributed by atoms with Gasteiger partial charge in [0.1, 0.15) is 0 Å². The summed E-state index contributed by atoms with van der Waals surface area (Å²) in [4.78, 5) is 0. The number of hydrogen-bond donors (Lipinski definition) is 0. The van der Waals surface area contributed by atoms with Gasteiger partial charge in [0.2, 0.25) is 0 Å². The monoisotopic (exact) mass is 264 g/mol. The van der Waals surface area contributed by atoms with Gasteiger partial charge in [0.25, 0.3) is 0 Å². The molecule has 0 saturated heterocycles. The summed E-state index contributed by atoms with van der Waals surface area (Å²) >= 11 is 2.65. The molecule has 0 heterocycles. The topological polar surface area (TPSA) is 0 Å². The second-order valence-electron chi connectivity index (χ2n) is 4.61. The van der Waals surface area contributed by atoms with Gasteiger partial charge in [-0.2, -0.15) is 0 Å². The molecule has 0 aromatic carbocycles. The lowest BCUT2D eigenvalue weighted by molar-refractivity contribution is 0.154. The van der Waals surface area contributed by atoms with Gasteiger partial charge in [-0.05, 0) is 49.9 Å². The number of rotatable bonds is 0. The van der Waals surface area contributed by atoms with Crippen LogP contribution in [0.4, 0.5) is 0 Å². The molecule has 2 aliphatic carbocycles. The maximum Gasteiger partial charge on any atom is 0.0115 e. The van der Waals surface area contributed by atoms with Gasteiger partial charge in [-0.3, -0.25) is 0 Å². The molecule has 2 atom stereocenters. The minimum atomic E-state index is 1.00. The Labute approximate surface area is 83.3 Å². The van der Waals surface area contributed by atoms with Crippen molar-refractivity contribution in [2.75, 3.05) is 0 Å². The van der Waals surface area contributed by atoms with Crippen LogP contribution in [-0.2, 0) is 0 Å². The highest BCUT2D eigenvalue weighted by Gasteiger charge is 2.33. The Kier molecular flexibility index (Phi) is 2.45. The maximum atomic E-state index is 2.65. The SMILES string of the molecule is CC1CC2CC(I)CC(C1)C2. The lowest BCUT2D eigenvalue weighted by Gasteiger charge is -2.40. The smallest absolute Gasteiger partial charge is 0.0115 e. The lowest BCUT2D eigenvalue weighted by atomic mass is 9.69. The quantitative estimate of drug-likeness (QED) is 0.463. The Morgan fingerprint density at radius 3 is 2.00 bits per heavy atom. The van der Waals surface area contributed by atoms with Crippen molar-refractivity contribution in [1.29, 1.82) is 0 Å². The van der Waals surface area contributed by atoms with E-state index in [9.17, 15) is 0 Å². The number of fused-ring (bicyclic) bond motifs is 2. The molecule has 1 heteroatoms. The van der Waals surface area contributed by atoms with Crippen molar-refractivity contribution in [2.45, 2.75) is 43.0 Å². The van der Waals surface area contributed by atoms with E-state index in [1.807, 2.05) is 0 Å². The number of halogens is 1. The highest BCUT2D eigenvalue weighted by atomic mass is 127. The first-order valence-electron chi connectivity index (χ1n) is 4.88. The molecule has 2 aliphatic rings. The molecule has 2 unspecified atom stereocenters. The average Bonchev–Trinajstić information content (AvgIpc) is 1.82. The highest BCUT2D eigenvalue weighted by molar-refractivity contribution is 14.1. The minimum Gasteiger partial charge on any atom is -0.0826 e. The fourth-order valence-corrected chi connectivity index (χ4v) is 4.54. The summed E-state index contributed by atoms with van der Waals surface area (Å²) in [7, 11) is 0. The van der Waals surface area contributed by atoms with E-state index in [0.717, 1.165) is 21.7 Å². The van der Waals surface area contributed by atoms with Crippen LogP contribution < -0.4 is 0 Å². The van der Waals surface area contributed by atoms with Crippen molar-refractivity contribution < 1.29 is 0 Å². The third kappa shape index (κ3) is 1.90. The Balaban J connectivity index is 2.00. The molecule has 0 aromatic heterocycles. The molecule has 2 bridgehead atoms. The third-order valence-corrected chi connectivity index (χ3v) is 4.33. The largest absolute Gasteiger partial charge is 0.0826 e. The molecule has 0 radical (unpaired) electrons. The van der Waals surface area contributed by atoms with E-state index in [2.05, 4.69) is 29.5 Å². The third-order valence-electron chi connectivity index (χ3n) is 3.32. The van der Waals surface area contributed by atoms with Crippen LogP contribution in [0, 0.1) is 17.8 Å². The fourth-order valence-electron chi connectivity index (χ4n) is 3.10. The predicted molar refractivity (Wildman–Crippen MR) is 57.0 cm³/mol. The highest BCUT2D eigenvalue weighted by Crippen LogP contribution is 2.44. The minimum absolute atomic E-state index is 1.00. The van der Waals surface area contributed by atoms with Gasteiger partial charge in [-0.25, -0.2) is 0 Å². The molecule has 2 rings (SSSR count). The summed E-state index contributed by atoms with van der Waals surface area (Å²) in [6, 6.07) is 0. The fraction of sp³-hybridized carbons (Fsp3) is 1.00. The van der Waals surface area contributed by atoms with Crippen molar-refractivity contribution in [2.24, 2.45) is 17.8 Å². The van der Waals surface area contributed by atoms with Gasteiger partial charge in [-0.15, -0.1) is 0 Å². The summed E-state index contributed by atoms with van der Waals surface area (Å²) in [6.45, 7) is 2.44. The first-order chi connectivity index (χ1) is 5.24. The second kappa shape index (κ2) is 3.23. The van der Waals surface area contributed by atoms with E-state index in [4.69, 9.17) is 0 Å². The molecule has 0 aromatic rings. The summed E-state index contributed by atoms with van der Waals surface area (Å²) < 4.78 is 1.00. The van der Waals surface area contributed by atoms with Gasteiger partial charge in [0, 0.05) is 3.92 Å². The van der Waals surface area contributed by atoms with Crippen LogP contribution in [-0.4, -0.2) is 3.92 Å². The number of hydrogen-bond acceptors (Lipinski definition) is 0. The van der Waals surface area contributed by atoms with Crippen LogP contribution in [0.15, 0.2) is 0 Å². The Morgan fingerprint density at radius 2 is 1.45 bits per heavy atom. The molecule has 0 nitrogen and oxygen atoms in total. The van der Waals surface area contributed by atoms with Gasteiger partial charge >= 0.3 is 0 Å². The zero-order chi connectivity index (χ0) is 7.84. The van der Waals surface area contributed by atoms with Crippen LogP contribution in [0.3, 0.4) is 0 Å². The van der Waals surface area contributed by atoms with Gasteiger partial charge < -0.3 is 0 Å². The zero-order valence-electron chi connectivity index (χ0n) is 7.22. The average molecular weight is 264 g/mol. The van der Waals surface area contributed by atoms with E-state index in [0.29, 0.717) is 0 Å². The van der Waals surface area contributed by atoms with Gasteiger partial charge in [0.05, 0.1) is 0 Å². The van der Waals surface area contributed by atoms with Crippen molar-refractivity contribution in [1.82, 2.24) is 0 Å². The zero-order valence-corrected chi connectivity index (χ0v) is 9.38. The Bertz CT molecular complexity index is 110. The van der Waals surface area contributed by atoms with Crippen molar-refractivity contribution in [3.05, 3.63) is 0 Å². The molecule has 2 fully saturated rings. The van der Waals surface area contributed by atoms with E-state index in [1.54, 1.807) is 6.42 Å². The lowest BCUT2D eigenvalue weighted by Crippen LogP contribution is -2.30. The Morgan fingerprint density at radius 1 is 0.909 bits per heavy atom. The molecular weight excluding hydrogens is 247 g/mol. The van der Waals surface area contributed by atoms with Crippen LogP contribution in [0.5, 0.6) is 0 Å². The van der Waals surface area contributed by atoms with Gasteiger partial charge in [-0.1, -0.05) is 29.5 Å². The van der Waals surface area contributed by atoms with Crippen molar-refractivity contribution in [3.63, 3.8) is 0 Å². The summed E-state index contributed by atoms with van der Waals surface area (Å²) in [5, 5.41) is 0. The van der Waals surface area contributed by atoms with Crippen LogP contribution >= 0.6 is 22.6 Å². The maximum absolute atomic E-state index is 2.65. The molecule has 0 N–H and O–H groups in total. The predicted octanol–water partition coefficient (Wildman–Crippen LogP) is 3.64. The van der Waals surface area contributed by atoms with Crippen LogP contribution in [0.1, 0.15) is 39.0 Å². The summed E-state index contributed by atoms with van der Waals surface area (Å²) in [5.41, 5.74) is 0. The van der Waals surface area contributed by atoms with Crippen molar-refractivity contribution in [3.8, 4) is 0 Å². The second-order valence-corrected chi connectivity index (χ2v) is 6.37. The first-order valence-corrected chi connectivity index (χ1v) is 6.12. The van der Waals surface area contributed by atoms with Gasteiger partial charge in [0.15, 0.2) is 0 Å².